The topological polar surface area (TPSA) is 20.3 Å². The molecule has 0 spiro atoms. The van der Waals surface area contributed by atoms with Crippen LogP contribution in [0.5, 0.6) is 0 Å². The Morgan fingerprint density at radius 2 is 1.84 bits per heavy atom. The number of carbonyl (C=O) groups excluding carboxylic acids is 1. The van der Waals surface area contributed by atoms with Crippen molar-refractivity contribution in [3.63, 3.8) is 0 Å². The predicted molar refractivity (Wildman–Crippen MR) is 79.4 cm³/mol. The maximum atomic E-state index is 12.3. The Hall–Kier alpha value is -1.02. The number of halogens is 1. The Balaban J connectivity index is 1.97. The van der Waals surface area contributed by atoms with Crippen LogP contribution >= 0.6 is 11.6 Å². The molecule has 0 radical (unpaired) electrons. The largest absolute Gasteiger partial charge is 0.342 e. The molecule has 0 saturated heterocycles. The van der Waals surface area contributed by atoms with Crippen LogP contribution in [0, 0.1) is 0 Å². The number of hydrogen-bond acceptors (Lipinski definition) is 1. The fourth-order valence-corrected chi connectivity index (χ4v) is 2.98. The van der Waals surface area contributed by atoms with E-state index in [1.165, 1.54) is 25.7 Å². The SMILES string of the molecule is CN(C(=O)Cc1ccccc1Cl)C1CCCCCC1. The summed E-state index contributed by atoms with van der Waals surface area (Å²) in [5.41, 5.74) is 0.926. The summed E-state index contributed by atoms with van der Waals surface area (Å²) in [5.74, 6) is 0.181. The highest BCUT2D eigenvalue weighted by molar-refractivity contribution is 6.31. The van der Waals surface area contributed by atoms with Crippen LogP contribution in [0.15, 0.2) is 24.3 Å². The summed E-state index contributed by atoms with van der Waals surface area (Å²) >= 11 is 6.11. The lowest BCUT2D eigenvalue weighted by Gasteiger charge is -2.27. The maximum absolute atomic E-state index is 12.3. The summed E-state index contributed by atoms with van der Waals surface area (Å²) in [4.78, 5) is 14.3. The van der Waals surface area contributed by atoms with Crippen molar-refractivity contribution in [1.29, 1.82) is 0 Å². The molecule has 104 valence electrons. The molecule has 1 aromatic rings. The number of nitrogens with zero attached hydrogens (tertiary/aromatic N) is 1. The van der Waals surface area contributed by atoms with E-state index < -0.39 is 0 Å². The molecule has 0 atom stereocenters. The van der Waals surface area contributed by atoms with Gasteiger partial charge >= 0.3 is 0 Å². The highest BCUT2D eigenvalue weighted by atomic mass is 35.5. The fraction of sp³-hybridized carbons (Fsp3) is 0.562. The van der Waals surface area contributed by atoms with Gasteiger partial charge in [-0.25, -0.2) is 0 Å². The lowest BCUT2D eigenvalue weighted by molar-refractivity contribution is -0.131. The van der Waals surface area contributed by atoms with Crippen LogP contribution in [-0.4, -0.2) is 23.9 Å². The van der Waals surface area contributed by atoms with Crippen molar-refractivity contribution in [2.45, 2.75) is 51.0 Å². The van der Waals surface area contributed by atoms with Crippen molar-refractivity contribution in [2.24, 2.45) is 0 Å². The molecular formula is C16H22ClNO. The van der Waals surface area contributed by atoms with Crippen molar-refractivity contribution >= 4 is 17.5 Å². The standard InChI is InChI=1S/C16H22ClNO/c1-18(14-9-4-2-3-5-10-14)16(19)12-13-8-6-7-11-15(13)17/h6-8,11,14H,2-5,9-10,12H2,1H3. The van der Waals surface area contributed by atoms with Gasteiger partial charge in [-0.15, -0.1) is 0 Å². The van der Waals surface area contributed by atoms with Crippen LogP contribution in [0.4, 0.5) is 0 Å². The first-order chi connectivity index (χ1) is 9.18. The average molecular weight is 280 g/mol. The van der Waals surface area contributed by atoms with Gasteiger partial charge in [-0.05, 0) is 24.5 Å². The average Bonchev–Trinajstić information content (AvgIpc) is 2.69. The van der Waals surface area contributed by atoms with E-state index in [0.29, 0.717) is 17.5 Å². The van der Waals surface area contributed by atoms with E-state index in [9.17, 15) is 4.79 Å². The van der Waals surface area contributed by atoms with Crippen LogP contribution in [0.3, 0.4) is 0 Å². The van der Waals surface area contributed by atoms with Crippen LogP contribution in [0.2, 0.25) is 5.02 Å². The maximum Gasteiger partial charge on any atom is 0.227 e. The minimum atomic E-state index is 0.181. The van der Waals surface area contributed by atoms with Crippen molar-refractivity contribution < 1.29 is 4.79 Å². The van der Waals surface area contributed by atoms with Gasteiger partial charge in [-0.1, -0.05) is 55.5 Å². The third kappa shape index (κ3) is 3.97. The van der Waals surface area contributed by atoms with E-state index in [0.717, 1.165) is 18.4 Å². The van der Waals surface area contributed by atoms with Gasteiger partial charge in [0.05, 0.1) is 6.42 Å². The first kappa shape index (κ1) is 14.4. The Kier molecular flexibility index (Phi) is 5.26. The van der Waals surface area contributed by atoms with Crippen LogP contribution in [0.1, 0.15) is 44.1 Å². The summed E-state index contributed by atoms with van der Waals surface area (Å²) < 4.78 is 0. The molecule has 1 saturated carbocycles. The van der Waals surface area contributed by atoms with Crippen LogP contribution in [0.25, 0.3) is 0 Å². The molecule has 19 heavy (non-hydrogen) atoms. The van der Waals surface area contributed by atoms with Crippen molar-refractivity contribution in [3.05, 3.63) is 34.9 Å². The van der Waals surface area contributed by atoms with E-state index in [4.69, 9.17) is 11.6 Å². The number of rotatable bonds is 3. The Bertz CT molecular complexity index is 425. The van der Waals surface area contributed by atoms with Crippen molar-refractivity contribution in [3.8, 4) is 0 Å². The number of hydrogen-bond donors (Lipinski definition) is 0. The van der Waals surface area contributed by atoms with Gasteiger partial charge in [0.15, 0.2) is 0 Å². The van der Waals surface area contributed by atoms with Crippen LogP contribution < -0.4 is 0 Å². The lowest BCUT2D eigenvalue weighted by Crippen LogP contribution is -2.37. The number of likely N-dealkylation sites (N-methyl/N-ethyl adjacent to an activating group) is 1. The summed E-state index contributed by atoms with van der Waals surface area (Å²) in [6.07, 6.45) is 7.80. The molecule has 1 amide bonds. The Labute approximate surface area is 120 Å². The number of carbonyl (C=O) groups is 1. The van der Waals surface area contributed by atoms with E-state index in [1.807, 2.05) is 36.2 Å². The minimum Gasteiger partial charge on any atom is -0.342 e. The van der Waals surface area contributed by atoms with Gasteiger partial charge < -0.3 is 4.90 Å². The van der Waals surface area contributed by atoms with Gasteiger partial charge in [0.25, 0.3) is 0 Å². The Morgan fingerprint density at radius 1 is 1.21 bits per heavy atom. The summed E-state index contributed by atoms with van der Waals surface area (Å²) in [7, 11) is 1.94. The normalized spacial score (nSPS) is 16.9. The number of amides is 1. The third-order valence-electron chi connectivity index (χ3n) is 4.07. The van der Waals surface area contributed by atoms with Crippen molar-refractivity contribution in [2.75, 3.05) is 7.05 Å². The molecule has 0 N–H and O–H groups in total. The molecule has 1 aliphatic carbocycles. The van der Waals surface area contributed by atoms with E-state index in [1.54, 1.807) is 0 Å². The second kappa shape index (κ2) is 6.95. The smallest absolute Gasteiger partial charge is 0.227 e. The molecule has 0 bridgehead atoms. The van der Waals surface area contributed by atoms with Gasteiger partial charge in [0.1, 0.15) is 0 Å². The first-order valence-electron chi connectivity index (χ1n) is 7.17. The number of benzene rings is 1. The summed E-state index contributed by atoms with van der Waals surface area (Å²) in [5, 5.41) is 0.685. The molecule has 0 aliphatic heterocycles. The second-order valence-corrected chi connectivity index (χ2v) is 5.83. The van der Waals surface area contributed by atoms with Gasteiger partial charge in [0, 0.05) is 18.1 Å². The molecule has 1 aliphatic rings. The molecular weight excluding hydrogens is 258 g/mol. The Morgan fingerprint density at radius 3 is 2.47 bits per heavy atom. The second-order valence-electron chi connectivity index (χ2n) is 5.42. The highest BCUT2D eigenvalue weighted by Gasteiger charge is 2.21. The molecule has 0 heterocycles. The first-order valence-corrected chi connectivity index (χ1v) is 7.55. The van der Waals surface area contributed by atoms with Crippen molar-refractivity contribution in [1.82, 2.24) is 4.90 Å². The molecule has 1 aromatic carbocycles. The van der Waals surface area contributed by atoms with E-state index in [2.05, 4.69) is 0 Å². The van der Waals surface area contributed by atoms with Gasteiger partial charge in [-0.2, -0.15) is 0 Å². The molecule has 2 rings (SSSR count). The minimum absolute atomic E-state index is 0.181. The zero-order valence-corrected chi connectivity index (χ0v) is 12.3. The molecule has 2 nitrogen and oxygen atoms in total. The highest BCUT2D eigenvalue weighted by Crippen LogP contribution is 2.22. The van der Waals surface area contributed by atoms with E-state index >= 15 is 0 Å². The summed E-state index contributed by atoms with van der Waals surface area (Å²) in [6.45, 7) is 0. The van der Waals surface area contributed by atoms with Crippen LogP contribution in [-0.2, 0) is 11.2 Å². The quantitative estimate of drug-likeness (QED) is 0.764. The van der Waals surface area contributed by atoms with Gasteiger partial charge in [-0.3, -0.25) is 4.79 Å². The monoisotopic (exact) mass is 279 g/mol. The molecule has 0 aromatic heterocycles. The third-order valence-corrected chi connectivity index (χ3v) is 4.43. The van der Waals surface area contributed by atoms with E-state index in [-0.39, 0.29) is 5.91 Å². The molecule has 3 heteroatoms. The molecule has 1 fully saturated rings. The fourth-order valence-electron chi connectivity index (χ4n) is 2.78. The summed E-state index contributed by atoms with van der Waals surface area (Å²) in [6, 6.07) is 8.01. The van der Waals surface area contributed by atoms with Gasteiger partial charge in [0.2, 0.25) is 5.91 Å². The lowest BCUT2D eigenvalue weighted by atomic mass is 10.1. The predicted octanol–water partition coefficient (Wildman–Crippen LogP) is 4.06. The zero-order chi connectivity index (χ0) is 13.7. The zero-order valence-electron chi connectivity index (χ0n) is 11.6. The molecule has 0 unspecified atom stereocenters.